The zero-order valence-electron chi connectivity index (χ0n) is 11.6. The molecule has 1 aliphatic heterocycles. The van der Waals surface area contributed by atoms with Crippen LogP contribution < -0.4 is 10.6 Å². The van der Waals surface area contributed by atoms with E-state index in [0.717, 1.165) is 6.54 Å². The van der Waals surface area contributed by atoms with E-state index in [4.69, 9.17) is 0 Å². The maximum atomic E-state index is 11.7. The molecular formula is C14H22N4O. The van der Waals surface area contributed by atoms with Crippen molar-refractivity contribution in [3.05, 3.63) is 23.9 Å². The molecule has 5 heteroatoms. The third kappa shape index (κ3) is 3.44. The molecule has 2 rings (SSSR count). The highest BCUT2D eigenvalue weighted by atomic mass is 16.1. The summed E-state index contributed by atoms with van der Waals surface area (Å²) in [4.78, 5) is 18.5. The Bertz CT molecular complexity index is 429. The van der Waals surface area contributed by atoms with E-state index in [1.54, 1.807) is 25.4 Å². The van der Waals surface area contributed by atoms with Gasteiger partial charge in [-0.2, -0.15) is 0 Å². The molecule has 1 fully saturated rings. The molecule has 0 saturated carbocycles. The fourth-order valence-electron chi connectivity index (χ4n) is 2.42. The van der Waals surface area contributed by atoms with Gasteiger partial charge in [-0.3, -0.25) is 9.69 Å². The number of carbonyl (C=O) groups is 1. The third-order valence-corrected chi connectivity index (χ3v) is 3.61. The van der Waals surface area contributed by atoms with E-state index >= 15 is 0 Å². The van der Waals surface area contributed by atoms with Crippen LogP contribution in [0.15, 0.2) is 18.3 Å². The Labute approximate surface area is 114 Å². The van der Waals surface area contributed by atoms with Crippen molar-refractivity contribution in [1.82, 2.24) is 15.2 Å². The molecule has 19 heavy (non-hydrogen) atoms. The number of pyridine rings is 1. The van der Waals surface area contributed by atoms with Crippen molar-refractivity contribution in [2.75, 3.05) is 32.0 Å². The van der Waals surface area contributed by atoms with Crippen LogP contribution in [0.3, 0.4) is 0 Å². The first kappa shape index (κ1) is 13.8. The maximum Gasteiger partial charge on any atom is 0.254 e. The van der Waals surface area contributed by atoms with Gasteiger partial charge in [0, 0.05) is 25.8 Å². The summed E-state index contributed by atoms with van der Waals surface area (Å²) in [5, 5.41) is 5.93. The lowest BCUT2D eigenvalue weighted by Crippen LogP contribution is -2.36. The van der Waals surface area contributed by atoms with Crippen molar-refractivity contribution in [1.29, 1.82) is 0 Å². The Morgan fingerprint density at radius 2 is 2.21 bits per heavy atom. The fourth-order valence-corrected chi connectivity index (χ4v) is 2.42. The van der Waals surface area contributed by atoms with Crippen molar-refractivity contribution < 1.29 is 4.79 Å². The summed E-state index contributed by atoms with van der Waals surface area (Å²) in [6.07, 6.45) is 4.28. The second kappa shape index (κ2) is 6.52. The van der Waals surface area contributed by atoms with Crippen LogP contribution in [0.2, 0.25) is 0 Å². The number of amides is 1. The zero-order chi connectivity index (χ0) is 13.7. The maximum absolute atomic E-state index is 11.7. The van der Waals surface area contributed by atoms with Gasteiger partial charge in [0.25, 0.3) is 5.91 Å². The molecule has 104 valence electrons. The van der Waals surface area contributed by atoms with Gasteiger partial charge in [-0.25, -0.2) is 4.98 Å². The summed E-state index contributed by atoms with van der Waals surface area (Å²) in [5.74, 6) is 0.553. The van der Waals surface area contributed by atoms with Gasteiger partial charge in [-0.1, -0.05) is 0 Å². The molecule has 5 nitrogen and oxygen atoms in total. The second-order valence-corrected chi connectivity index (χ2v) is 4.95. The summed E-state index contributed by atoms with van der Waals surface area (Å²) in [6.45, 7) is 5.36. The first-order valence-electron chi connectivity index (χ1n) is 6.87. The summed E-state index contributed by atoms with van der Waals surface area (Å²) >= 11 is 0. The number of hydrogen-bond donors (Lipinski definition) is 2. The standard InChI is InChI=1S/C14H22N4O/c1-11(18-8-3-4-9-18)10-17-13-12(14(19)15-2)6-5-7-16-13/h5-7,11H,3-4,8-10H2,1-2H3,(H,15,19)(H,16,17). The Hall–Kier alpha value is -1.62. The quantitative estimate of drug-likeness (QED) is 0.840. The molecule has 1 atom stereocenters. The molecule has 0 aromatic carbocycles. The van der Waals surface area contributed by atoms with Crippen LogP contribution in [-0.2, 0) is 0 Å². The number of hydrogen-bond acceptors (Lipinski definition) is 4. The first-order valence-corrected chi connectivity index (χ1v) is 6.87. The monoisotopic (exact) mass is 262 g/mol. The number of aromatic nitrogens is 1. The number of likely N-dealkylation sites (tertiary alicyclic amines) is 1. The molecule has 2 N–H and O–H groups in total. The van der Waals surface area contributed by atoms with E-state index in [1.165, 1.54) is 25.9 Å². The van der Waals surface area contributed by atoms with Crippen LogP contribution in [-0.4, -0.2) is 48.5 Å². The molecule has 1 unspecified atom stereocenters. The van der Waals surface area contributed by atoms with Crippen molar-refractivity contribution in [3.63, 3.8) is 0 Å². The van der Waals surface area contributed by atoms with Crippen LogP contribution in [0, 0.1) is 0 Å². The number of anilines is 1. The van der Waals surface area contributed by atoms with Gasteiger partial charge in [0.2, 0.25) is 0 Å². The molecular weight excluding hydrogens is 240 g/mol. The van der Waals surface area contributed by atoms with E-state index in [-0.39, 0.29) is 5.91 Å². The van der Waals surface area contributed by atoms with Crippen molar-refractivity contribution >= 4 is 11.7 Å². The van der Waals surface area contributed by atoms with Gasteiger partial charge >= 0.3 is 0 Å². The van der Waals surface area contributed by atoms with E-state index in [2.05, 4.69) is 27.4 Å². The molecule has 1 amide bonds. The first-order chi connectivity index (χ1) is 9.22. The molecule has 2 heterocycles. The molecule has 1 aromatic heterocycles. The summed E-state index contributed by atoms with van der Waals surface area (Å²) in [6, 6.07) is 4.02. The Morgan fingerprint density at radius 3 is 2.89 bits per heavy atom. The topological polar surface area (TPSA) is 57.3 Å². The van der Waals surface area contributed by atoms with Crippen LogP contribution in [0.5, 0.6) is 0 Å². The van der Waals surface area contributed by atoms with Gasteiger partial charge in [0.15, 0.2) is 0 Å². The van der Waals surface area contributed by atoms with E-state index in [9.17, 15) is 4.79 Å². The fraction of sp³-hybridized carbons (Fsp3) is 0.571. The van der Waals surface area contributed by atoms with E-state index in [1.807, 2.05) is 0 Å². The number of carbonyl (C=O) groups excluding carboxylic acids is 1. The average molecular weight is 262 g/mol. The second-order valence-electron chi connectivity index (χ2n) is 4.95. The van der Waals surface area contributed by atoms with Gasteiger partial charge in [0.1, 0.15) is 5.82 Å². The average Bonchev–Trinajstić information content (AvgIpc) is 2.98. The molecule has 1 aliphatic rings. The summed E-state index contributed by atoms with van der Waals surface area (Å²) < 4.78 is 0. The molecule has 0 radical (unpaired) electrons. The molecule has 0 aliphatic carbocycles. The SMILES string of the molecule is CNC(=O)c1cccnc1NCC(C)N1CCCC1. The van der Waals surface area contributed by atoms with Crippen LogP contribution in [0.1, 0.15) is 30.1 Å². The minimum Gasteiger partial charge on any atom is -0.368 e. The van der Waals surface area contributed by atoms with Crippen LogP contribution in [0.25, 0.3) is 0 Å². The largest absolute Gasteiger partial charge is 0.368 e. The lowest BCUT2D eigenvalue weighted by molar-refractivity contribution is 0.0963. The molecule has 0 bridgehead atoms. The number of nitrogens with one attached hydrogen (secondary N) is 2. The number of nitrogens with zero attached hydrogens (tertiary/aromatic N) is 2. The minimum absolute atomic E-state index is 0.107. The van der Waals surface area contributed by atoms with Crippen molar-refractivity contribution in [3.8, 4) is 0 Å². The summed E-state index contributed by atoms with van der Waals surface area (Å²) in [5.41, 5.74) is 0.596. The van der Waals surface area contributed by atoms with Crippen LogP contribution in [0.4, 0.5) is 5.82 Å². The highest BCUT2D eigenvalue weighted by molar-refractivity contribution is 5.98. The van der Waals surface area contributed by atoms with Gasteiger partial charge in [0.05, 0.1) is 5.56 Å². The Morgan fingerprint density at radius 1 is 1.47 bits per heavy atom. The predicted octanol–water partition coefficient (Wildman–Crippen LogP) is 1.34. The van der Waals surface area contributed by atoms with Gasteiger partial charge in [-0.15, -0.1) is 0 Å². The molecule has 0 spiro atoms. The molecule has 1 saturated heterocycles. The Kier molecular flexibility index (Phi) is 4.74. The van der Waals surface area contributed by atoms with E-state index in [0.29, 0.717) is 17.4 Å². The lowest BCUT2D eigenvalue weighted by Gasteiger charge is -2.24. The number of rotatable bonds is 5. The lowest BCUT2D eigenvalue weighted by atomic mass is 10.2. The minimum atomic E-state index is -0.107. The van der Waals surface area contributed by atoms with E-state index < -0.39 is 0 Å². The van der Waals surface area contributed by atoms with Crippen molar-refractivity contribution in [2.45, 2.75) is 25.8 Å². The summed E-state index contributed by atoms with van der Waals surface area (Å²) in [7, 11) is 1.63. The Balaban J connectivity index is 1.97. The highest BCUT2D eigenvalue weighted by Crippen LogP contribution is 2.14. The third-order valence-electron chi connectivity index (χ3n) is 3.61. The van der Waals surface area contributed by atoms with Crippen LogP contribution >= 0.6 is 0 Å². The van der Waals surface area contributed by atoms with Gasteiger partial charge < -0.3 is 10.6 Å². The predicted molar refractivity (Wildman–Crippen MR) is 76.4 cm³/mol. The normalized spacial score (nSPS) is 17.2. The molecule has 1 aromatic rings. The zero-order valence-corrected chi connectivity index (χ0v) is 11.6. The highest BCUT2D eigenvalue weighted by Gasteiger charge is 2.18. The smallest absolute Gasteiger partial charge is 0.254 e. The van der Waals surface area contributed by atoms with Crippen molar-refractivity contribution in [2.24, 2.45) is 0 Å². The van der Waals surface area contributed by atoms with Gasteiger partial charge in [-0.05, 0) is 45.0 Å².